The Kier molecular flexibility index (Phi) is 4.66. The van der Waals surface area contributed by atoms with Crippen LogP contribution in [-0.4, -0.2) is 37.0 Å². The first-order valence-corrected chi connectivity index (χ1v) is 7.47. The maximum absolute atomic E-state index is 6.05. The summed E-state index contributed by atoms with van der Waals surface area (Å²) < 4.78 is 17.3. The van der Waals surface area contributed by atoms with E-state index in [1.807, 2.05) is 46.8 Å². The van der Waals surface area contributed by atoms with Crippen LogP contribution in [0.4, 0.5) is 0 Å². The van der Waals surface area contributed by atoms with Gasteiger partial charge in [0.05, 0.1) is 18.3 Å². The van der Waals surface area contributed by atoms with Gasteiger partial charge < -0.3 is 19.8 Å². The Balaban J connectivity index is 2.27. The maximum Gasteiger partial charge on any atom is 0.491 e. The Hall–Kier alpha value is -1.37. The van der Waals surface area contributed by atoms with Gasteiger partial charge in [-0.1, -0.05) is 6.08 Å². The SMILES string of the molecule is COc1ncc(C=C(CN)B2OC(C)(C)C(C)(C)O2)cc1C. The molecule has 1 saturated heterocycles. The normalized spacial score (nSPS) is 20.3. The third-order valence-corrected chi connectivity index (χ3v) is 4.39. The monoisotopic (exact) mass is 304 g/mol. The lowest BCUT2D eigenvalue weighted by Crippen LogP contribution is -2.41. The zero-order chi connectivity index (χ0) is 16.5. The number of rotatable bonds is 4. The highest BCUT2D eigenvalue weighted by Crippen LogP contribution is 2.38. The van der Waals surface area contributed by atoms with Gasteiger partial charge in [0.2, 0.25) is 5.88 Å². The van der Waals surface area contributed by atoms with Gasteiger partial charge in [0.15, 0.2) is 0 Å². The highest BCUT2D eigenvalue weighted by Gasteiger charge is 2.52. The summed E-state index contributed by atoms with van der Waals surface area (Å²) in [5.74, 6) is 0.627. The molecule has 0 aliphatic carbocycles. The van der Waals surface area contributed by atoms with Gasteiger partial charge in [-0.15, -0.1) is 0 Å². The Morgan fingerprint density at radius 3 is 2.36 bits per heavy atom. The molecule has 1 aliphatic rings. The zero-order valence-corrected chi connectivity index (χ0v) is 14.3. The lowest BCUT2D eigenvalue weighted by atomic mass is 9.77. The molecule has 1 aromatic heterocycles. The Morgan fingerprint density at radius 1 is 1.32 bits per heavy atom. The summed E-state index contributed by atoms with van der Waals surface area (Å²) in [4.78, 5) is 4.28. The van der Waals surface area contributed by atoms with E-state index in [1.165, 1.54) is 0 Å². The van der Waals surface area contributed by atoms with Crippen molar-refractivity contribution in [2.45, 2.75) is 45.8 Å². The molecule has 0 bridgehead atoms. The quantitative estimate of drug-likeness (QED) is 0.865. The lowest BCUT2D eigenvalue weighted by molar-refractivity contribution is 0.00578. The minimum absolute atomic E-state index is 0.363. The van der Waals surface area contributed by atoms with Crippen molar-refractivity contribution in [1.29, 1.82) is 0 Å². The van der Waals surface area contributed by atoms with Crippen molar-refractivity contribution in [3.63, 3.8) is 0 Å². The molecule has 22 heavy (non-hydrogen) atoms. The van der Waals surface area contributed by atoms with Gasteiger partial charge in [-0.2, -0.15) is 0 Å². The predicted molar refractivity (Wildman–Crippen MR) is 88.6 cm³/mol. The summed E-state index contributed by atoms with van der Waals surface area (Å²) in [6.07, 6.45) is 3.73. The van der Waals surface area contributed by atoms with Gasteiger partial charge in [-0.05, 0) is 51.7 Å². The summed E-state index contributed by atoms with van der Waals surface area (Å²) in [6, 6.07) is 2.01. The average Bonchev–Trinajstić information content (AvgIpc) is 2.65. The van der Waals surface area contributed by atoms with Gasteiger partial charge in [-0.25, -0.2) is 4.98 Å². The fourth-order valence-corrected chi connectivity index (χ4v) is 2.31. The molecular weight excluding hydrogens is 279 g/mol. The summed E-state index contributed by atoms with van der Waals surface area (Å²) in [5, 5.41) is 0. The summed E-state index contributed by atoms with van der Waals surface area (Å²) in [6.45, 7) is 10.4. The largest absolute Gasteiger partial charge is 0.491 e. The molecule has 1 aliphatic heterocycles. The molecule has 0 spiro atoms. The molecule has 6 heteroatoms. The van der Waals surface area contributed by atoms with Crippen LogP contribution in [0.3, 0.4) is 0 Å². The van der Waals surface area contributed by atoms with Gasteiger partial charge >= 0.3 is 7.12 Å². The molecule has 0 saturated carbocycles. The third kappa shape index (κ3) is 3.19. The van der Waals surface area contributed by atoms with E-state index in [4.69, 9.17) is 19.8 Å². The van der Waals surface area contributed by atoms with Crippen LogP contribution >= 0.6 is 0 Å². The first-order valence-electron chi connectivity index (χ1n) is 7.47. The summed E-state index contributed by atoms with van der Waals surface area (Å²) >= 11 is 0. The second-order valence-electron chi connectivity index (χ2n) is 6.61. The van der Waals surface area contributed by atoms with Crippen molar-refractivity contribution >= 4 is 13.2 Å². The third-order valence-electron chi connectivity index (χ3n) is 4.39. The smallest absolute Gasteiger partial charge is 0.481 e. The number of nitrogens with two attached hydrogens (primary N) is 1. The van der Waals surface area contributed by atoms with Crippen LogP contribution in [0.5, 0.6) is 5.88 Å². The molecule has 2 heterocycles. The van der Waals surface area contributed by atoms with Crippen LogP contribution in [0.2, 0.25) is 0 Å². The maximum atomic E-state index is 6.05. The minimum Gasteiger partial charge on any atom is -0.481 e. The number of hydrogen-bond acceptors (Lipinski definition) is 5. The number of hydrogen-bond donors (Lipinski definition) is 1. The van der Waals surface area contributed by atoms with E-state index in [1.54, 1.807) is 13.3 Å². The highest BCUT2D eigenvalue weighted by molar-refractivity contribution is 6.55. The lowest BCUT2D eigenvalue weighted by Gasteiger charge is -2.32. The van der Waals surface area contributed by atoms with Gasteiger partial charge in [-0.3, -0.25) is 0 Å². The van der Waals surface area contributed by atoms with Crippen molar-refractivity contribution in [2.24, 2.45) is 5.73 Å². The second kappa shape index (κ2) is 6.03. The summed E-state index contributed by atoms with van der Waals surface area (Å²) in [7, 11) is 1.18. The Bertz CT molecular complexity index is 569. The standard InChI is InChI=1S/C16H25BN2O3/c1-11-7-12(10-19-14(11)20-6)8-13(9-18)17-21-15(2,3)16(4,5)22-17/h7-8,10H,9,18H2,1-6H3. The predicted octanol–water partition coefficient (Wildman–Crippen LogP) is 2.37. The number of ether oxygens (including phenoxy) is 1. The topological polar surface area (TPSA) is 66.6 Å². The van der Waals surface area contributed by atoms with Crippen molar-refractivity contribution in [3.05, 3.63) is 28.9 Å². The fraction of sp³-hybridized carbons (Fsp3) is 0.562. The molecule has 0 unspecified atom stereocenters. The average molecular weight is 304 g/mol. The van der Waals surface area contributed by atoms with Crippen LogP contribution in [0.1, 0.15) is 38.8 Å². The van der Waals surface area contributed by atoms with Crippen LogP contribution in [0.25, 0.3) is 6.08 Å². The molecule has 2 N–H and O–H groups in total. The molecule has 2 rings (SSSR count). The van der Waals surface area contributed by atoms with E-state index in [-0.39, 0.29) is 11.2 Å². The minimum atomic E-state index is -0.433. The Morgan fingerprint density at radius 2 is 1.91 bits per heavy atom. The zero-order valence-electron chi connectivity index (χ0n) is 14.3. The fourth-order valence-electron chi connectivity index (χ4n) is 2.31. The highest BCUT2D eigenvalue weighted by atomic mass is 16.7. The van der Waals surface area contributed by atoms with Crippen molar-refractivity contribution < 1.29 is 14.0 Å². The molecule has 0 atom stereocenters. The van der Waals surface area contributed by atoms with Crippen LogP contribution in [-0.2, 0) is 9.31 Å². The van der Waals surface area contributed by atoms with Crippen molar-refractivity contribution in [2.75, 3.05) is 13.7 Å². The van der Waals surface area contributed by atoms with Crippen LogP contribution in [0.15, 0.2) is 17.7 Å². The molecule has 1 fully saturated rings. The summed E-state index contributed by atoms with van der Waals surface area (Å²) in [5.41, 5.74) is 7.97. The molecule has 0 aromatic carbocycles. The van der Waals surface area contributed by atoms with Gasteiger partial charge in [0.1, 0.15) is 0 Å². The number of nitrogens with zero attached hydrogens (tertiary/aromatic N) is 1. The van der Waals surface area contributed by atoms with E-state index in [2.05, 4.69) is 4.98 Å². The van der Waals surface area contributed by atoms with Crippen molar-refractivity contribution in [3.8, 4) is 5.88 Å². The number of aryl methyl sites for hydroxylation is 1. The van der Waals surface area contributed by atoms with Crippen LogP contribution < -0.4 is 10.5 Å². The van der Waals surface area contributed by atoms with Crippen LogP contribution in [0, 0.1) is 6.92 Å². The first-order chi connectivity index (χ1) is 10.2. The van der Waals surface area contributed by atoms with Gasteiger partial charge in [0, 0.05) is 18.3 Å². The number of aromatic nitrogens is 1. The molecular formula is C16H25BN2O3. The van der Waals surface area contributed by atoms with E-state index < -0.39 is 7.12 Å². The van der Waals surface area contributed by atoms with E-state index in [0.29, 0.717) is 12.4 Å². The van der Waals surface area contributed by atoms with Gasteiger partial charge in [0.25, 0.3) is 0 Å². The van der Waals surface area contributed by atoms with Crippen molar-refractivity contribution in [1.82, 2.24) is 4.98 Å². The molecule has 1 aromatic rings. The molecule has 120 valence electrons. The first kappa shape index (κ1) is 17.0. The van der Waals surface area contributed by atoms with E-state index in [0.717, 1.165) is 16.6 Å². The molecule has 0 radical (unpaired) electrons. The molecule has 0 amide bonds. The van der Waals surface area contributed by atoms with E-state index in [9.17, 15) is 0 Å². The number of methoxy groups -OCH3 is 1. The Labute approximate surface area is 133 Å². The number of pyridine rings is 1. The van der Waals surface area contributed by atoms with E-state index >= 15 is 0 Å². The molecule has 5 nitrogen and oxygen atoms in total. The second-order valence-corrected chi connectivity index (χ2v) is 6.61.